The highest BCUT2D eigenvalue weighted by Crippen LogP contribution is 2.45. The summed E-state index contributed by atoms with van der Waals surface area (Å²) < 4.78 is 17.8. The highest BCUT2D eigenvalue weighted by atomic mass is 35.5. The number of fused-ring (bicyclic) bond motifs is 1. The Morgan fingerprint density at radius 1 is 1.02 bits per heavy atom. The second kappa shape index (κ2) is 16.5. The molecule has 1 N–H and O–H groups in total. The zero-order valence-electron chi connectivity index (χ0n) is 25.5. The molecule has 234 valence electrons. The number of methoxy groups -OCH3 is 3. The molecule has 2 aromatic heterocycles. The molecule has 1 aliphatic heterocycles. The summed E-state index contributed by atoms with van der Waals surface area (Å²) in [6.45, 7) is 12.7. The molecule has 1 fully saturated rings. The fraction of sp³-hybridized carbons (Fsp3) is 0.452. The third kappa shape index (κ3) is 8.00. The molecule has 0 saturated carbocycles. The van der Waals surface area contributed by atoms with Crippen molar-refractivity contribution < 1.29 is 19.0 Å². The monoisotopic (exact) mass is 633 g/mol. The van der Waals surface area contributed by atoms with Crippen LogP contribution in [-0.2, 0) is 16.1 Å². The summed E-state index contributed by atoms with van der Waals surface area (Å²) in [7, 11) is 4.62. The van der Waals surface area contributed by atoms with Crippen molar-refractivity contribution in [2.45, 2.75) is 26.8 Å². The number of piperazine rings is 1. The topological polar surface area (TPSA) is 98.2 Å². The summed E-state index contributed by atoms with van der Waals surface area (Å²) in [4.78, 5) is 34.7. The number of rotatable bonds is 12. The standard InChI is InChI=1S/C29H35Cl2N5O5.C2H6/c1-5-25(37)35-12-10-34(11-13-35)8-6-9-36-21-16-24(32-7-14-39-2)33-18-19(21)15-20(29(36)38)26-27(30)22(40-3)17-23(41-4)28(26)31;1-2/h5,15-18H,1,6-14H2,2-4H3,(H,32,33);1-2H3. The average Bonchev–Trinajstić information content (AvgIpc) is 3.03. The Kier molecular flexibility index (Phi) is 13.1. The Hall–Kier alpha value is -3.31. The molecule has 0 aliphatic carbocycles. The van der Waals surface area contributed by atoms with Crippen LogP contribution in [0.4, 0.5) is 5.82 Å². The van der Waals surface area contributed by atoms with Gasteiger partial charge in [0.25, 0.3) is 5.56 Å². The minimum absolute atomic E-state index is 0.0468. The Morgan fingerprint density at radius 3 is 2.26 bits per heavy atom. The van der Waals surface area contributed by atoms with Gasteiger partial charge in [0.2, 0.25) is 5.91 Å². The smallest absolute Gasteiger partial charge is 0.259 e. The van der Waals surface area contributed by atoms with Crippen LogP contribution in [0.15, 0.2) is 41.8 Å². The van der Waals surface area contributed by atoms with Crippen LogP contribution >= 0.6 is 23.2 Å². The summed E-state index contributed by atoms with van der Waals surface area (Å²) in [5, 5.41) is 4.43. The van der Waals surface area contributed by atoms with Gasteiger partial charge < -0.3 is 29.0 Å². The molecule has 1 aromatic carbocycles. The van der Waals surface area contributed by atoms with Crippen LogP contribution in [0.5, 0.6) is 11.5 Å². The maximum Gasteiger partial charge on any atom is 0.259 e. The van der Waals surface area contributed by atoms with E-state index in [1.807, 2.05) is 19.9 Å². The Morgan fingerprint density at radius 2 is 1.67 bits per heavy atom. The lowest BCUT2D eigenvalue weighted by Gasteiger charge is -2.34. The van der Waals surface area contributed by atoms with Crippen molar-refractivity contribution in [2.75, 3.05) is 72.5 Å². The summed E-state index contributed by atoms with van der Waals surface area (Å²) >= 11 is 13.4. The number of aryl methyl sites for hydroxylation is 1. The number of aromatic nitrogens is 2. The summed E-state index contributed by atoms with van der Waals surface area (Å²) in [5.41, 5.74) is 1.16. The van der Waals surface area contributed by atoms with Gasteiger partial charge in [-0.15, -0.1) is 0 Å². The third-order valence-corrected chi connectivity index (χ3v) is 7.90. The van der Waals surface area contributed by atoms with Gasteiger partial charge in [-0.05, 0) is 25.1 Å². The van der Waals surface area contributed by atoms with E-state index in [0.29, 0.717) is 67.7 Å². The van der Waals surface area contributed by atoms with Gasteiger partial charge in [0.1, 0.15) is 17.3 Å². The van der Waals surface area contributed by atoms with Gasteiger partial charge in [-0.3, -0.25) is 14.5 Å². The highest BCUT2D eigenvalue weighted by molar-refractivity contribution is 6.41. The first kappa shape index (κ1) is 34.2. The number of hydrogen-bond donors (Lipinski definition) is 1. The molecule has 1 saturated heterocycles. The van der Waals surface area contributed by atoms with E-state index >= 15 is 0 Å². The number of amides is 1. The summed E-state index contributed by atoms with van der Waals surface area (Å²) in [5.74, 6) is 1.28. The zero-order chi connectivity index (χ0) is 31.5. The number of nitrogens with one attached hydrogen (secondary N) is 1. The normalized spacial score (nSPS) is 13.3. The first-order valence-corrected chi connectivity index (χ1v) is 15.1. The molecular weight excluding hydrogens is 593 g/mol. The van der Waals surface area contributed by atoms with Crippen LogP contribution in [0.25, 0.3) is 22.0 Å². The van der Waals surface area contributed by atoms with Crippen LogP contribution in [0.3, 0.4) is 0 Å². The minimum Gasteiger partial charge on any atom is -0.495 e. The largest absolute Gasteiger partial charge is 0.495 e. The van der Waals surface area contributed by atoms with Gasteiger partial charge in [0.05, 0.1) is 42.0 Å². The molecule has 0 radical (unpaired) electrons. The van der Waals surface area contributed by atoms with Gasteiger partial charge in [0.15, 0.2) is 0 Å². The summed E-state index contributed by atoms with van der Waals surface area (Å²) in [6, 6.07) is 5.21. The first-order valence-electron chi connectivity index (χ1n) is 14.3. The van der Waals surface area contributed by atoms with Crippen molar-refractivity contribution in [1.82, 2.24) is 19.4 Å². The molecule has 3 heterocycles. The number of pyridine rings is 2. The lowest BCUT2D eigenvalue weighted by atomic mass is 10.0. The first-order chi connectivity index (χ1) is 20.8. The van der Waals surface area contributed by atoms with Crippen LogP contribution in [0.2, 0.25) is 10.0 Å². The molecule has 0 unspecified atom stereocenters. The van der Waals surface area contributed by atoms with Crippen molar-refractivity contribution in [3.8, 4) is 22.6 Å². The maximum atomic E-state index is 14.1. The minimum atomic E-state index is -0.243. The van der Waals surface area contributed by atoms with Gasteiger partial charge in [-0.25, -0.2) is 4.98 Å². The van der Waals surface area contributed by atoms with E-state index in [-0.39, 0.29) is 21.5 Å². The molecule has 1 aliphatic rings. The molecular formula is C31H41Cl2N5O5. The van der Waals surface area contributed by atoms with E-state index in [0.717, 1.165) is 30.5 Å². The molecule has 43 heavy (non-hydrogen) atoms. The third-order valence-electron chi connectivity index (χ3n) is 7.15. The number of carbonyl (C=O) groups is 1. The van der Waals surface area contributed by atoms with Gasteiger partial charge in [0, 0.05) is 75.7 Å². The molecule has 0 spiro atoms. The lowest BCUT2D eigenvalue weighted by molar-refractivity contribution is -0.127. The number of halogens is 2. The van der Waals surface area contributed by atoms with E-state index in [9.17, 15) is 9.59 Å². The van der Waals surface area contributed by atoms with Crippen LogP contribution in [-0.4, -0.2) is 92.5 Å². The highest BCUT2D eigenvalue weighted by Gasteiger charge is 2.23. The number of anilines is 1. The van der Waals surface area contributed by atoms with Crippen LogP contribution in [0.1, 0.15) is 20.3 Å². The fourth-order valence-electron chi connectivity index (χ4n) is 4.95. The average molecular weight is 635 g/mol. The molecule has 12 heteroatoms. The lowest BCUT2D eigenvalue weighted by Crippen LogP contribution is -2.48. The van der Waals surface area contributed by atoms with Crippen molar-refractivity contribution in [3.63, 3.8) is 0 Å². The molecule has 1 amide bonds. The van der Waals surface area contributed by atoms with Crippen molar-refractivity contribution in [3.05, 3.63) is 57.4 Å². The van der Waals surface area contributed by atoms with E-state index in [4.69, 9.17) is 37.4 Å². The second-order valence-electron chi connectivity index (χ2n) is 9.57. The number of nitrogens with zero attached hydrogens (tertiary/aromatic N) is 4. The van der Waals surface area contributed by atoms with Gasteiger partial charge >= 0.3 is 0 Å². The number of hydrogen-bond acceptors (Lipinski definition) is 8. The predicted octanol–water partition coefficient (Wildman–Crippen LogP) is 5.19. The predicted molar refractivity (Wildman–Crippen MR) is 174 cm³/mol. The van der Waals surface area contributed by atoms with Gasteiger partial charge in [-0.1, -0.05) is 43.6 Å². The zero-order valence-corrected chi connectivity index (χ0v) is 27.1. The molecule has 0 bridgehead atoms. The van der Waals surface area contributed by atoms with Crippen molar-refractivity contribution in [2.24, 2.45) is 0 Å². The van der Waals surface area contributed by atoms with Crippen molar-refractivity contribution >= 4 is 45.8 Å². The number of ether oxygens (including phenoxy) is 3. The van der Waals surface area contributed by atoms with Crippen LogP contribution in [0, 0.1) is 0 Å². The second-order valence-corrected chi connectivity index (χ2v) is 10.3. The fourth-order valence-corrected chi connectivity index (χ4v) is 5.65. The van der Waals surface area contributed by atoms with Crippen LogP contribution < -0.4 is 20.3 Å². The van der Waals surface area contributed by atoms with Gasteiger partial charge in [-0.2, -0.15) is 0 Å². The Bertz CT molecular complexity index is 1440. The van der Waals surface area contributed by atoms with E-state index in [1.54, 1.807) is 34.9 Å². The van der Waals surface area contributed by atoms with E-state index < -0.39 is 0 Å². The van der Waals surface area contributed by atoms with E-state index in [2.05, 4.69) is 21.8 Å². The summed E-state index contributed by atoms with van der Waals surface area (Å²) in [6.07, 6.45) is 3.79. The molecule has 10 nitrogen and oxygen atoms in total. The quantitative estimate of drug-likeness (QED) is 0.215. The molecule has 4 rings (SSSR count). The maximum absolute atomic E-state index is 14.1. The number of benzene rings is 1. The number of carbonyl (C=O) groups excluding carboxylic acids is 1. The molecule has 3 aromatic rings. The molecule has 0 atom stereocenters. The Balaban J connectivity index is 0.00000248. The van der Waals surface area contributed by atoms with Crippen molar-refractivity contribution in [1.29, 1.82) is 0 Å². The Labute approximate surface area is 263 Å². The SMILES string of the molecule is C=CC(=O)N1CCN(CCCn2c(=O)c(-c3c(Cl)c(OC)cc(OC)c3Cl)cc3cnc(NCCOC)cc32)CC1.CC. The van der Waals surface area contributed by atoms with E-state index in [1.165, 1.54) is 20.3 Å².